The molecule has 0 aliphatic heterocycles. The van der Waals surface area contributed by atoms with E-state index < -0.39 is 0 Å². The molecule has 0 unspecified atom stereocenters. The molecule has 0 fully saturated rings. The first-order valence-corrected chi connectivity index (χ1v) is 5.65. The monoisotopic (exact) mass is 259 g/mol. The Kier molecular flexibility index (Phi) is 4.55. The van der Waals surface area contributed by atoms with Crippen molar-refractivity contribution in [3.05, 3.63) is 34.1 Å². The maximum Gasteiger partial charge on any atom is 0.137 e. The van der Waals surface area contributed by atoms with E-state index in [1.165, 1.54) is 6.07 Å². The van der Waals surface area contributed by atoms with E-state index in [0.717, 1.165) is 24.8 Å². The first-order valence-electron chi connectivity index (χ1n) is 4.86. The second-order valence-corrected chi connectivity index (χ2v) is 4.18. The second-order valence-electron chi connectivity index (χ2n) is 3.39. The van der Waals surface area contributed by atoms with Gasteiger partial charge in [-0.05, 0) is 34.0 Å². The Morgan fingerprint density at radius 3 is 2.86 bits per heavy atom. The fourth-order valence-electron chi connectivity index (χ4n) is 1.39. The van der Waals surface area contributed by atoms with Crippen molar-refractivity contribution >= 4 is 15.9 Å². The molecule has 1 aromatic carbocycles. The number of halogens is 2. The lowest BCUT2D eigenvalue weighted by Crippen LogP contribution is -2.11. The summed E-state index contributed by atoms with van der Waals surface area (Å²) in [6, 6.07) is 4.93. The SMILES string of the molecule is CCCC[C@@H](N)c1cccc(F)c1Br. The van der Waals surface area contributed by atoms with Gasteiger partial charge in [-0.2, -0.15) is 0 Å². The summed E-state index contributed by atoms with van der Waals surface area (Å²) in [4.78, 5) is 0. The summed E-state index contributed by atoms with van der Waals surface area (Å²) in [5.74, 6) is -0.241. The standard InChI is InChI=1S/C11H15BrFN/c1-2-3-7-10(14)8-5-4-6-9(13)11(8)12/h4-6,10H,2-3,7,14H2,1H3/t10-/m1/s1. The van der Waals surface area contributed by atoms with Crippen molar-refractivity contribution in [2.75, 3.05) is 0 Å². The van der Waals surface area contributed by atoms with Crippen molar-refractivity contribution in [1.29, 1.82) is 0 Å². The summed E-state index contributed by atoms with van der Waals surface area (Å²) in [6.07, 6.45) is 3.09. The predicted molar refractivity (Wildman–Crippen MR) is 60.6 cm³/mol. The molecule has 0 heterocycles. The minimum absolute atomic E-state index is 0.0694. The van der Waals surface area contributed by atoms with Gasteiger partial charge in [-0.1, -0.05) is 31.9 Å². The highest BCUT2D eigenvalue weighted by atomic mass is 79.9. The maximum absolute atomic E-state index is 13.2. The molecule has 0 radical (unpaired) electrons. The third-order valence-corrected chi connectivity index (χ3v) is 3.09. The number of nitrogens with two attached hydrogens (primary N) is 1. The van der Waals surface area contributed by atoms with E-state index in [2.05, 4.69) is 22.9 Å². The van der Waals surface area contributed by atoms with Gasteiger partial charge in [-0.25, -0.2) is 4.39 Å². The molecule has 0 saturated heterocycles. The molecular weight excluding hydrogens is 245 g/mol. The van der Waals surface area contributed by atoms with Gasteiger partial charge in [0.2, 0.25) is 0 Å². The van der Waals surface area contributed by atoms with E-state index in [0.29, 0.717) is 4.47 Å². The Labute approximate surface area is 92.6 Å². The van der Waals surface area contributed by atoms with Crippen molar-refractivity contribution in [3.8, 4) is 0 Å². The van der Waals surface area contributed by atoms with E-state index in [9.17, 15) is 4.39 Å². The van der Waals surface area contributed by atoms with Crippen molar-refractivity contribution in [2.24, 2.45) is 5.73 Å². The Morgan fingerprint density at radius 1 is 1.50 bits per heavy atom. The molecule has 78 valence electrons. The molecule has 0 aliphatic rings. The van der Waals surface area contributed by atoms with Crippen molar-refractivity contribution in [3.63, 3.8) is 0 Å². The quantitative estimate of drug-likeness (QED) is 0.875. The zero-order valence-corrected chi connectivity index (χ0v) is 9.85. The van der Waals surface area contributed by atoms with E-state index in [4.69, 9.17) is 5.73 Å². The van der Waals surface area contributed by atoms with Crippen LogP contribution in [0.25, 0.3) is 0 Å². The van der Waals surface area contributed by atoms with Crippen molar-refractivity contribution < 1.29 is 4.39 Å². The molecule has 0 bridgehead atoms. The van der Waals surface area contributed by atoms with Crippen LogP contribution >= 0.6 is 15.9 Å². The smallest absolute Gasteiger partial charge is 0.137 e. The van der Waals surface area contributed by atoms with Gasteiger partial charge in [0.15, 0.2) is 0 Å². The number of rotatable bonds is 4. The number of benzene rings is 1. The zero-order chi connectivity index (χ0) is 10.6. The van der Waals surface area contributed by atoms with Crippen LogP contribution < -0.4 is 5.73 Å². The summed E-state index contributed by atoms with van der Waals surface area (Å²) in [5, 5.41) is 0. The van der Waals surface area contributed by atoms with Gasteiger partial charge in [0.25, 0.3) is 0 Å². The van der Waals surface area contributed by atoms with Crippen LogP contribution in [0.3, 0.4) is 0 Å². The number of hydrogen-bond acceptors (Lipinski definition) is 1. The molecule has 1 rings (SSSR count). The fourth-order valence-corrected chi connectivity index (χ4v) is 1.94. The Hall–Kier alpha value is -0.410. The van der Waals surface area contributed by atoms with Crippen molar-refractivity contribution in [2.45, 2.75) is 32.2 Å². The summed E-state index contributed by atoms with van der Waals surface area (Å²) >= 11 is 3.22. The summed E-state index contributed by atoms with van der Waals surface area (Å²) in [6.45, 7) is 2.12. The normalized spacial score (nSPS) is 12.9. The van der Waals surface area contributed by atoms with E-state index in [1.54, 1.807) is 6.07 Å². The third-order valence-electron chi connectivity index (χ3n) is 2.25. The second kappa shape index (κ2) is 5.47. The van der Waals surface area contributed by atoms with E-state index >= 15 is 0 Å². The highest BCUT2D eigenvalue weighted by molar-refractivity contribution is 9.10. The van der Waals surface area contributed by atoms with Crippen LogP contribution in [0.15, 0.2) is 22.7 Å². The molecule has 3 heteroatoms. The predicted octanol–water partition coefficient (Wildman–Crippen LogP) is 3.78. The summed E-state index contributed by atoms with van der Waals surface area (Å²) in [5.41, 5.74) is 6.81. The highest BCUT2D eigenvalue weighted by Crippen LogP contribution is 2.27. The minimum atomic E-state index is -0.241. The molecule has 0 aromatic heterocycles. The fraction of sp³-hybridized carbons (Fsp3) is 0.455. The first-order chi connectivity index (χ1) is 6.66. The zero-order valence-electron chi connectivity index (χ0n) is 8.26. The molecule has 1 atom stereocenters. The van der Waals surface area contributed by atoms with Crippen LogP contribution in [-0.2, 0) is 0 Å². The molecule has 1 aromatic rings. The molecule has 0 spiro atoms. The van der Waals surface area contributed by atoms with Gasteiger partial charge in [0.1, 0.15) is 5.82 Å². The van der Waals surface area contributed by atoms with Gasteiger partial charge >= 0.3 is 0 Å². The Morgan fingerprint density at radius 2 is 2.21 bits per heavy atom. The van der Waals surface area contributed by atoms with Crippen LogP contribution in [0.4, 0.5) is 4.39 Å². The van der Waals surface area contributed by atoms with E-state index in [-0.39, 0.29) is 11.9 Å². The average molecular weight is 260 g/mol. The lowest BCUT2D eigenvalue weighted by molar-refractivity contribution is 0.582. The largest absolute Gasteiger partial charge is 0.324 e. The minimum Gasteiger partial charge on any atom is -0.324 e. The van der Waals surface area contributed by atoms with Crippen LogP contribution in [0.1, 0.15) is 37.8 Å². The third kappa shape index (κ3) is 2.79. The van der Waals surface area contributed by atoms with Crippen LogP contribution in [0.2, 0.25) is 0 Å². The molecule has 0 amide bonds. The summed E-state index contributed by atoms with van der Waals surface area (Å²) < 4.78 is 13.7. The van der Waals surface area contributed by atoms with Crippen molar-refractivity contribution in [1.82, 2.24) is 0 Å². The molecule has 14 heavy (non-hydrogen) atoms. The number of unbranched alkanes of at least 4 members (excludes halogenated alkanes) is 1. The topological polar surface area (TPSA) is 26.0 Å². The Balaban J connectivity index is 2.79. The maximum atomic E-state index is 13.2. The Bertz CT molecular complexity index is 301. The van der Waals surface area contributed by atoms with Gasteiger partial charge < -0.3 is 5.73 Å². The average Bonchev–Trinajstić information content (AvgIpc) is 2.18. The highest BCUT2D eigenvalue weighted by Gasteiger charge is 2.11. The van der Waals surface area contributed by atoms with Gasteiger partial charge in [0, 0.05) is 6.04 Å². The van der Waals surface area contributed by atoms with Gasteiger partial charge in [-0.3, -0.25) is 0 Å². The molecule has 0 aliphatic carbocycles. The van der Waals surface area contributed by atoms with Gasteiger partial charge in [-0.15, -0.1) is 0 Å². The van der Waals surface area contributed by atoms with Gasteiger partial charge in [0.05, 0.1) is 4.47 Å². The first kappa shape index (κ1) is 11.7. The van der Waals surface area contributed by atoms with Crippen LogP contribution in [0.5, 0.6) is 0 Å². The van der Waals surface area contributed by atoms with E-state index in [1.807, 2.05) is 6.07 Å². The summed E-state index contributed by atoms with van der Waals surface area (Å²) in [7, 11) is 0. The van der Waals surface area contributed by atoms with Crippen LogP contribution in [-0.4, -0.2) is 0 Å². The molecule has 0 saturated carbocycles. The van der Waals surface area contributed by atoms with Crippen LogP contribution in [0, 0.1) is 5.82 Å². The molecule has 1 nitrogen and oxygen atoms in total. The number of hydrogen-bond donors (Lipinski definition) is 1. The lowest BCUT2D eigenvalue weighted by Gasteiger charge is -2.13. The molecular formula is C11H15BrFN. The lowest BCUT2D eigenvalue weighted by atomic mass is 10.0. The molecule has 2 N–H and O–H groups in total.